The highest BCUT2D eigenvalue weighted by Crippen LogP contribution is 2.15. The quantitative estimate of drug-likeness (QED) is 0.831. The summed E-state index contributed by atoms with van der Waals surface area (Å²) in [6.07, 6.45) is 0.731. The normalized spacial score (nSPS) is 10.6. The van der Waals surface area contributed by atoms with E-state index in [1.54, 1.807) is 0 Å². The first-order valence-electron chi connectivity index (χ1n) is 5.87. The lowest BCUT2D eigenvalue weighted by molar-refractivity contribution is -0.113. The number of benzene rings is 1. The average molecular weight is 298 g/mol. The molecule has 2 aromatic rings. The Morgan fingerprint density at radius 1 is 1.40 bits per heavy atom. The molecule has 1 aromatic carbocycles. The second kappa shape index (κ2) is 6.47. The van der Waals surface area contributed by atoms with Crippen LogP contribution in [-0.2, 0) is 11.2 Å². The van der Waals surface area contributed by atoms with Crippen molar-refractivity contribution >= 4 is 23.4 Å². The zero-order chi connectivity index (χ0) is 14.5. The first-order chi connectivity index (χ1) is 9.58. The molecule has 0 atom stereocenters. The lowest BCUT2D eigenvalue weighted by atomic mass is 10.3. The topological polar surface area (TPSA) is 70.7 Å². The SMILES string of the molecule is CCc1nc(SCC(=O)Nc2ccc(F)c(F)c2)n[nH]1. The molecule has 0 bridgehead atoms. The van der Waals surface area contributed by atoms with Gasteiger partial charge in [0.15, 0.2) is 11.6 Å². The number of carbonyl (C=O) groups excluding carboxylic acids is 1. The summed E-state index contributed by atoms with van der Waals surface area (Å²) in [7, 11) is 0. The summed E-state index contributed by atoms with van der Waals surface area (Å²) in [5.41, 5.74) is 0.207. The molecule has 5 nitrogen and oxygen atoms in total. The number of nitrogens with one attached hydrogen (secondary N) is 2. The minimum absolute atomic E-state index is 0.0833. The van der Waals surface area contributed by atoms with Gasteiger partial charge in [0.25, 0.3) is 0 Å². The van der Waals surface area contributed by atoms with Crippen LogP contribution in [0.4, 0.5) is 14.5 Å². The van der Waals surface area contributed by atoms with E-state index in [1.165, 1.54) is 6.07 Å². The Kier molecular flexibility index (Phi) is 4.67. The number of hydrogen-bond acceptors (Lipinski definition) is 4. The van der Waals surface area contributed by atoms with Gasteiger partial charge in [0.2, 0.25) is 11.1 Å². The standard InChI is InChI=1S/C12H12F2N4OS/c1-2-10-16-12(18-17-10)20-6-11(19)15-7-3-4-8(13)9(14)5-7/h3-5H,2,6H2,1H3,(H,15,19)(H,16,17,18). The van der Waals surface area contributed by atoms with Crippen molar-refractivity contribution in [2.45, 2.75) is 18.5 Å². The van der Waals surface area contributed by atoms with Crippen molar-refractivity contribution in [2.24, 2.45) is 0 Å². The van der Waals surface area contributed by atoms with Gasteiger partial charge in [0.1, 0.15) is 5.82 Å². The third-order valence-electron chi connectivity index (χ3n) is 2.38. The number of hydrogen-bond donors (Lipinski definition) is 2. The van der Waals surface area contributed by atoms with Crippen LogP contribution in [0.15, 0.2) is 23.4 Å². The molecule has 0 fully saturated rings. The second-order valence-electron chi connectivity index (χ2n) is 3.88. The van der Waals surface area contributed by atoms with E-state index in [4.69, 9.17) is 0 Å². The van der Waals surface area contributed by atoms with E-state index in [0.717, 1.165) is 36.1 Å². The summed E-state index contributed by atoms with van der Waals surface area (Å²) in [4.78, 5) is 15.8. The smallest absolute Gasteiger partial charge is 0.234 e. The van der Waals surface area contributed by atoms with Crippen molar-refractivity contribution in [3.05, 3.63) is 35.7 Å². The molecule has 1 aromatic heterocycles. The van der Waals surface area contributed by atoms with Crippen LogP contribution < -0.4 is 5.32 Å². The molecule has 0 aliphatic carbocycles. The van der Waals surface area contributed by atoms with E-state index in [2.05, 4.69) is 20.5 Å². The number of anilines is 1. The largest absolute Gasteiger partial charge is 0.325 e. The van der Waals surface area contributed by atoms with Gasteiger partial charge in [-0.15, -0.1) is 5.10 Å². The van der Waals surface area contributed by atoms with Gasteiger partial charge >= 0.3 is 0 Å². The Balaban J connectivity index is 1.87. The average Bonchev–Trinajstić information content (AvgIpc) is 2.89. The third-order valence-corrected chi connectivity index (χ3v) is 3.23. The van der Waals surface area contributed by atoms with Crippen molar-refractivity contribution in [1.29, 1.82) is 0 Å². The molecule has 0 unspecified atom stereocenters. The molecule has 1 amide bonds. The number of aromatic nitrogens is 3. The minimum Gasteiger partial charge on any atom is -0.325 e. The maximum atomic E-state index is 13.0. The van der Waals surface area contributed by atoms with Crippen LogP contribution >= 0.6 is 11.8 Å². The van der Waals surface area contributed by atoms with Crippen molar-refractivity contribution in [3.63, 3.8) is 0 Å². The summed E-state index contributed by atoms with van der Waals surface area (Å²) in [5, 5.41) is 9.61. The minimum atomic E-state index is -1.00. The van der Waals surface area contributed by atoms with E-state index >= 15 is 0 Å². The predicted octanol–water partition coefficient (Wildman–Crippen LogP) is 2.38. The first-order valence-corrected chi connectivity index (χ1v) is 6.86. The lowest BCUT2D eigenvalue weighted by Gasteiger charge is -2.04. The molecule has 0 aliphatic heterocycles. The van der Waals surface area contributed by atoms with E-state index < -0.39 is 11.6 Å². The van der Waals surface area contributed by atoms with Crippen LogP contribution in [0.25, 0.3) is 0 Å². The maximum absolute atomic E-state index is 13.0. The first kappa shape index (κ1) is 14.4. The number of aromatic amines is 1. The van der Waals surface area contributed by atoms with E-state index in [9.17, 15) is 13.6 Å². The molecule has 1 heterocycles. The zero-order valence-corrected chi connectivity index (χ0v) is 11.4. The summed E-state index contributed by atoms with van der Waals surface area (Å²) in [6, 6.07) is 3.18. The second-order valence-corrected chi connectivity index (χ2v) is 4.83. The molecule has 106 valence electrons. The fourth-order valence-corrected chi connectivity index (χ4v) is 2.02. The maximum Gasteiger partial charge on any atom is 0.234 e. The Morgan fingerprint density at radius 3 is 2.85 bits per heavy atom. The Hall–Kier alpha value is -1.96. The molecule has 2 rings (SSSR count). The predicted molar refractivity (Wildman–Crippen MR) is 71.5 cm³/mol. The summed E-state index contributed by atoms with van der Waals surface area (Å²) in [5.74, 6) is -1.47. The number of amides is 1. The molecule has 0 saturated carbocycles. The number of thioether (sulfide) groups is 1. The van der Waals surface area contributed by atoms with Crippen molar-refractivity contribution < 1.29 is 13.6 Å². The lowest BCUT2D eigenvalue weighted by Crippen LogP contribution is -2.14. The van der Waals surface area contributed by atoms with Crippen LogP contribution in [0.5, 0.6) is 0 Å². The number of H-pyrrole nitrogens is 1. The summed E-state index contributed by atoms with van der Waals surface area (Å²) < 4.78 is 25.7. The van der Waals surface area contributed by atoms with Crippen LogP contribution in [0.2, 0.25) is 0 Å². The summed E-state index contributed by atoms with van der Waals surface area (Å²) in [6.45, 7) is 1.94. The third kappa shape index (κ3) is 3.77. The molecule has 2 N–H and O–H groups in total. The Labute approximate surface area is 118 Å². The van der Waals surface area contributed by atoms with Gasteiger partial charge in [-0.2, -0.15) is 0 Å². The molecule has 0 saturated heterocycles. The van der Waals surface area contributed by atoms with Gasteiger partial charge in [0, 0.05) is 18.2 Å². The van der Waals surface area contributed by atoms with Gasteiger partial charge in [0.05, 0.1) is 5.75 Å². The molecular formula is C12H12F2N4OS. The van der Waals surface area contributed by atoms with E-state index in [0.29, 0.717) is 5.16 Å². The van der Waals surface area contributed by atoms with Crippen LogP contribution in [0.1, 0.15) is 12.7 Å². The molecule has 8 heteroatoms. The number of halogens is 2. The number of carbonyl (C=O) groups is 1. The highest BCUT2D eigenvalue weighted by atomic mass is 32.2. The number of rotatable bonds is 5. The van der Waals surface area contributed by atoms with E-state index in [-0.39, 0.29) is 17.3 Å². The number of aryl methyl sites for hydroxylation is 1. The Bertz CT molecular complexity index is 617. The Morgan fingerprint density at radius 2 is 2.20 bits per heavy atom. The fourth-order valence-electron chi connectivity index (χ4n) is 1.40. The zero-order valence-electron chi connectivity index (χ0n) is 10.6. The summed E-state index contributed by atoms with van der Waals surface area (Å²) >= 11 is 1.16. The molecule has 0 spiro atoms. The van der Waals surface area contributed by atoms with Crippen molar-refractivity contribution in [3.8, 4) is 0 Å². The van der Waals surface area contributed by atoms with E-state index in [1.807, 2.05) is 6.92 Å². The molecule has 20 heavy (non-hydrogen) atoms. The molecular weight excluding hydrogens is 286 g/mol. The van der Waals surface area contributed by atoms with Gasteiger partial charge in [-0.25, -0.2) is 13.8 Å². The highest BCUT2D eigenvalue weighted by Gasteiger charge is 2.09. The van der Waals surface area contributed by atoms with Crippen molar-refractivity contribution in [2.75, 3.05) is 11.1 Å². The van der Waals surface area contributed by atoms with Crippen LogP contribution in [-0.4, -0.2) is 26.8 Å². The van der Waals surface area contributed by atoms with Gasteiger partial charge in [-0.3, -0.25) is 9.89 Å². The van der Waals surface area contributed by atoms with Crippen LogP contribution in [0, 0.1) is 11.6 Å². The van der Waals surface area contributed by atoms with Crippen LogP contribution in [0.3, 0.4) is 0 Å². The molecule has 0 aliphatic rings. The number of nitrogens with zero attached hydrogens (tertiary/aromatic N) is 2. The van der Waals surface area contributed by atoms with Gasteiger partial charge < -0.3 is 5.32 Å². The van der Waals surface area contributed by atoms with Gasteiger partial charge in [-0.05, 0) is 12.1 Å². The highest BCUT2D eigenvalue weighted by molar-refractivity contribution is 7.99. The van der Waals surface area contributed by atoms with Crippen molar-refractivity contribution in [1.82, 2.24) is 15.2 Å². The van der Waals surface area contributed by atoms with Gasteiger partial charge in [-0.1, -0.05) is 18.7 Å². The monoisotopic (exact) mass is 298 g/mol. The molecule has 0 radical (unpaired) electrons. The fraction of sp³-hybridized carbons (Fsp3) is 0.250.